The number of amides is 1. The fourth-order valence-electron chi connectivity index (χ4n) is 1.56. The molecule has 1 atom stereocenters. The first-order valence-corrected chi connectivity index (χ1v) is 7.25. The van der Waals surface area contributed by atoms with E-state index in [1.807, 2.05) is 0 Å². The summed E-state index contributed by atoms with van der Waals surface area (Å²) in [6.45, 7) is 0.249. The Hall–Kier alpha value is -1.84. The van der Waals surface area contributed by atoms with Crippen molar-refractivity contribution in [1.82, 2.24) is 4.72 Å². The summed E-state index contributed by atoms with van der Waals surface area (Å²) in [5.41, 5.74) is 4.83. The lowest BCUT2D eigenvalue weighted by Crippen LogP contribution is -2.39. The zero-order valence-corrected chi connectivity index (χ0v) is 11.2. The monoisotopic (exact) mass is 302 g/mol. The standard InChI is InChI=1S/C11H14N2O6S/c12-11(15)8(14)6-13-20(16,17)7-1-2-9-10(5-7)19-4-3-18-9/h1-2,5,8,13-14H,3-4,6H2,(H2,12,15). The summed E-state index contributed by atoms with van der Waals surface area (Å²) in [5.74, 6) is -0.211. The molecule has 2 rings (SSSR count). The zero-order chi connectivity index (χ0) is 14.8. The summed E-state index contributed by atoms with van der Waals surface area (Å²) >= 11 is 0. The van der Waals surface area contributed by atoms with Crippen molar-refractivity contribution in [2.45, 2.75) is 11.0 Å². The molecule has 1 heterocycles. The third-order valence-corrected chi connectivity index (χ3v) is 4.04. The first-order chi connectivity index (χ1) is 9.40. The van der Waals surface area contributed by atoms with E-state index in [4.69, 9.17) is 15.2 Å². The van der Waals surface area contributed by atoms with Gasteiger partial charge in [-0.25, -0.2) is 13.1 Å². The molecule has 1 aliphatic heterocycles. The van der Waals surface area contributed by atoms with Crippen LogP contribution in [0.25, 0.3) is 0 Å². The highest BCUT2D eigenvalue weighted by Gasteiger charge is 2.21. The van der Waals surface area contributed by atoms with E-state index in [0.29, 0.717) is 24.7 Å². The number of carbonyl (C=O) groups excluding carboxylic acids is 1. The molecule has 110 valence electrons. The molecule has 8 nitrogen and oxygen atoms in total. The number of aliphatic hydroxyl groups is 1. The molecule has 1 aliphatic rings. The number of carbonyl (C=O) groups is 1. The molecule has 0 spiro atoms. The van der Waals surface area contributed by atoms with Gasteiger partial charge >= 0.3 is 0 Å². The lowest BCUT2D eigenvalue weighted by atomic mass is 10.3. The minimum absolute atomic E-state index is 0.0570. The molecule has 20 heavy (non-hydrogen) atoms. The Kier molecular flexibility index (Phi) is 4.12. The number of hydrogen-bond donors (Lipinski definition) is 3. The zero-order valence-electron chi connectivity index (χ0n) is 10.4. The van der Waals surface area contributed by atoms with Crippen molar-refractivity contribution in [3.8, 4) is 11.5 Å². The fourth-order valence-corrected chi connectivity index (χ4v) is 2.62. The molecule has 0 radical (unpaired) electrons. The second-order valence-electron chi connectivity index (χ2n) is 4.08. The predicted molar refractivity (Wildman–Crippen MR) is 67.8 cm³/mol. The molecule has 1 aromatic carbocycles. The minimum Gasteiger partial charge on any atom is -0.486 e. The summed E-state index contributed by atoms with van der Waals surface area (Å²) < 4.78 is 36.6. The third-order valence-electron chi connectivity index (χ3n) is 2.62. The number of hydrogen-bond acceptors (Lipinski definition) is 6. The van der Waals surface area contributed by atoms with Gasteiger partial charge in [0.25, 0.3) is 0 Å². The molecule has 9 heteroatoms. The van der Waals surface area contributed by atoms with Gasteiger partial charge in [0, 0.05) is 12.6 Å². The Balaban J connectivity index is 2.15. The fraction of sp³-hybridized carbons (Fsp3) is 0.364. The highest BCUT2D eigenvalue weighted by Crippen LogP contribution is 2.32. The summed E-state index contributed by atoms with van der Waals surface area (Å²) in [6, 6.07) is 4.13. The highest BCUT2D eigenvalue weighted by molar-refractivity contribution is 7.89. The van der Waals surface area contributed by atoms with Crippen LogP contribution < -0.4 is 19.9 Å². The largest absolute Gasteiger partial charge is 0.486 e. The number of benzene rings is 1. The minimum atomic E-state index is -3.88. The van der Waals surface area contributed by atoms with Gasteiger partial charge in [-0.2, -0.15) is 0 Å². The average molecular weight is 302 g/mol. The van der Waals surface area contributed by atoms with Gasteiger partial charge in [0.2, 0.25) is 15.9 Å². The predicted octanol–water partition coefficient (Wildman–Crippen LogP) is -1.42. The molecule has 4 N–H and O–H groups in total. The Morgan fingerprint density at radius 3 is 2.65 bits per heavy atom. The molecule has 0 aromatic heterocycles. The van der Waals surface area contributed by atoms with Crippen molar-refractivity contribution < 1.29 is 27.8 Å². The number of primary amides is 1. The number of ether oxygens (including phenoxy) is 2. The van der Waals surface area contributed by atoms with E-state index in [1.165, 1.54) is 18.2 Å². The lowest BCUT2D eigenvalue weighted by molar-refractivity contribution is -0.125. The SMILES string of the molecule is NC(=O)C(O)CNS(=O)(=O)c1ccc2c(c1)OCCO2. The van der Waals surface area contributed by atoms with Gasteiger partial charge in [0.15, 0.2) is 11.5 Å². The maximum atomic E-state index is 12.0. The van der Waals surface area contributed by atoms with Crippen LogP contribution in [0.5, 0.6) is 11.5 Å². The van der Waals surface area contributed by atoms with Crippen LogP contribution >= 0.6 is 0 Å². The number of aliphatic hydroxyl groups excluding tert-OH is 1. The molecule has 0 bridgehead atoms. The topological polar surface area (TPSA) is 128 Å². The van der Waals surface area contributed by atoms with Crippen LogP contribution in [0.3, 0.4) is 0 Å². The molecular weight excluding hydrogens is 288 g/mol. The van der Waals surface area contributed by atoms with E-state index in [9.17, 15) is 18.3 Å². The number of nitrogens with two attached hydrogens (primary N) is 1. The van der Waals surface area contributed by atoms with Crippen molar-refractivity contribution in [1.29, 1.82) is 0 Å². The van der Waals surface area contributed by atoms with Gasteiger partial charge in [0.05, 0.1) is 4.90 Å². The van der Waals surface area contributed by atoms with Gasteiger partial charge in [-0.3, -0.25) is 4.79 Å². The summed E-state index contributed by atoms with van der Waals surface area (Å²) in [7, 11) is -3.88. The van der Waals surface area contributed by atoms with E-state index >= 15 is 0 Å². The quantitative estimate of drug-likeness (QED) is 0.612. The molecule has 0 saturated heterocycles. The van der Waals surface area contributed by atoms with Gasteiger partial charge in [-0.1, -0.05) is 0 Å². The molecular formula is C11H14N2O6S. The second-order valence-corrected chi connectivity index (χ2v) is 5.84. The number of sulfonamides is 1. The van der Waals surface area contributed by atoms with Crippen molar-refractivity contribution in [2.24, 2.45) is 5.73 Å². The first kappa shape index (κ1) is 14.6. The molecule has 0 saturated carbocycles. The van der Waals surface area contributed by atoms with Crippen LogP contribution in [0.4, 0.5) is 0 Å². The van der Waals surface area contributed by atoms with E-state index in [2.05, 4.69) is 4.72 Å². The number of rotatable bonds is 5. The van der Waals surface area contributed by atoms with E-state index < -0.39 is 28.6 Å². The van der Waals surface area contributed by atoms with Gasteiger partial charge in [0.1, 0.15) is 19.3 Å². The Bertz CT molecular complexity index is 615. The Morgan fingerprint density at radius 2 is 2.00 bits per heavy atom. The van der Waals surface area contributed by atoms with Gasteiger partial charge < -0.3 is 20.3 Å². The van der Waals surface area contributed by atoms with E-state index in [0.717, 1.165) is 0 Å². The maximum absolute atomic E-state index is 12.0. The summed E-state index contributed by atoms with van der Waals surface area (Å²) in [6.07, 6.45) is -1.58. The third kappa shape index (κ3) is 3.18. The van der Waals surface area contributed by atoms with Crippen LogP contribution in [0, 0.1) is 0 Å². The van der Waals surface area contributed by atoms with Crippen LogP contribution in [0.2, 0.25) is 0 Å². The molecule has 0 aliphatic carbocycles. The second kappa shape index (κ2) is 5.65. The van der Waals surface area contributed by atoms with E-state index in [-0.39, 0.29) is 4.90 Å². The molecule has 1 unspecified atom stereocenters. The van der Waals surface area contributed by atoms with Crippen molar-refractivity contribution >= 4 is 15.9 Å². The smallest absolute Gasteiger partial charge is 0.247 e. The first-order valence-electron chi connectivity index (χ1n) is 5.77. The maximum Gasteiger partial charge on any atom is 0.247 e. The number of fused-ring (bicyclic) bond motifs is 1. The Labute approximate surface area is 115 Å². The van der Waals surface area contributed by atoms with Crippen molar-refractivity contribution in [3.05, 3.63) is 18.2 Å². The summed E-state index contributed by atoms with van der Waals surface area (Å²) in [5, 5.41) is 9.18. The van der Waals surface area contributed by atoms with Crippen LogP contribution in [-0.4, -0.2) is 45.3 Å². The molecule has 0 fully saturated rings. The number of nitrogens with one attached hydrogen (secondary N) is 1. The highest BCUT2D eigenvalue weighted by atomic mass is 32.2. The van der Waals surface area contributed by atoms with Gasteiger partial charge in [-0.15, -0.1) is 0 Å². The van der Waals surface area contributed by atoms with Crippen LogP contribution in [-0.2, 0) is 14.8 Å². The van der Waals surface area contributed by atoms with Crippen molar-refractivity contribution in [3.63, 3.8) is 0 Å². The molecule has 1 aromatic rings. The lowest BCUT2D eigenvalue weighted by Gasteiger charge is -2.19. The Morgan fingerprint density at radius 1 is 1.35 bits per heavy atom. The van der Waals surface area contributed by atoms with E-state index in [1.54, 1.807) is 0 Å². The van der Waals surface area contributed by atoms with Crippen LogP contribution in [0.15, 0.2) is 23.1 Å². The normalized spacial score (nSPS) is 15.7. The summed E-state index contributed by atoms with van der Waals surface area (Å²) in [4.78, 5) is 10.6. The van der Waals surface area contributed by atoms with Gasteiger partial charge in [-0.05, 0) is 12.1 Å². The average Bonchev–Trinajstić information content (AvgIpc) is 2.44. The molecule has 1 amide bonds. The van der Waals surface area contributed by atoms with Crippen molar-refractivity contribution in [2.75, 3.05) is 19.8 Å². The van der Waals surface area contributed by atoms with Crippen LogP contribution in [0.1, 0.15) is 0 Å².